The Labute approximate surface area is 203 Å². The second kappa shape index (κ2) is 8.57. The zero-order chi connectivity index (χ0) is 24.1. The molecule has 4 N–H and O–H groups in total. The number of primary amides is 1. The number of carbonyl (C=O) groups is 1. The summed E-state index contributed by atoms with van der Waals surface area (Å²) in [4.78, 5) is 16.3. The van der Waals surface area contributed by atoms with Crippen LogP contribution in [0.5, 0.6) is 5.75 Å². The number of aryl methyl sites for hydroxylation is 1. The van der Waals surface area contributed by atoms with Gasteiger partial charge in [0.2, 0.25) is 5.91 Å². The lowest BCUT2D eigenvalue weighted by Gasteiger charge is -2.42. The summed E-state index contributed by atoms with van der Waals surface area (Å²) in [5.74, 6) is -0.501. The van der Waals surface area contributed by atoms with Gasteiger partial charge in [-0.2, -0.15) is 0 Å². The third-order valence-electron chi connectivity index (χ3n) is 7.15. The van der Waals surface area contributed by atoms with Crippen molar-refractivity contribution in [3.63, 3.8) is 0 Å². The molecule has 1 aliphatic heterocycles. The third-order valence-corrected chi connectivity index (χ3v) is 7.58. The van der Waals surface area contributed by atoms with Crippen LogP contribution in [0.3, 0.4) is 0 Å². The van der Waals surface area contributed by atoms with E-state index in [9.17, 15) is 15.0 Å². The molecule has 5 unspecified atom stereocenters. The molecule has 9 heteroatoms. The molecular weight excluding hydrogens is 452 g/mol. The highest BCUT2D eigenvalue weighted by atomic mass is 32.1. The van der Waals surface area contributed by atoms with E-state index in [0.29, 0.717) is 17.4 Å². The Balaban J connectivity index is 1.60. The fourth-order valence-corrected chi connectivity index (χ4v) is 5.93. The van der Waals surface area contributed by atoms with Gasteiger partial charge in [-0.3, -0.25) is 4.79 Å². The van der Waals surface area contributed by atoms with Crippen molar-refractivity contribution in [3.8, 4) is 5.75 Å². The van der Waals surface area contributed by atoms with E-state index in [0.717, 1.165) is 22.2 Å². The number of nitrogens with zero attached hydrogens (tertiary/aromatic N) is 3. The zero-order valence-corrected chi connectivity index (χ0v) is 19.9. The lowest BCUT2D eigenvalue weighted by atomic mass is 9.76. The van der Waals surface area contributed by atoms with Gasteiger partial charge in [-0.15, -0.1) is 0 Å². The van der Waals surface area contributed by atoms with Crippen molar-refractivity contribution in [3.05, 3.63) is 60.3 Å². The van der Waals surface area contributed by atoms with E-state index in [2.05, 4.69) is 22.9 Å². The van der Waals surface area contributed by atoms with Crippen LogP contribution in [-0.4, -0.2) is 62.1 Å². The number of anilines is 1. The molecule has 0 radical (unpaired) electrons. The number of ether oxygens (including phenoxy) is 1. The number of aromatic nitrogens is 1. The molecule has 5 rings (SSSR count). The van der Waals surface area contributed by atoms with Crippen molar-refractivity contribution in [2.45, 2.75) is 37.3 Å². The molecule has 1 saturated carbocycles. The predicted octanol–water partition coefficient (Wildman–Crippen LogP) is 1.76. The maximum Gasteiger partial charge on any atom is 0.222 e. The van der Waals surface area contributed by atoms with Gasteiger partial charge in [0, 0.05) is 36.4 Å². The van der Waals surface area contributed by atoms with E-state index < -0.39 is 36.1 Å². The summed E-state index contributed by atoms with van der Waals surface area (Å²) < 4.78 is 7.34. The fourth-order valence-electron chi connectivity index (χ4n) is 5.52. The SMILES string of the molecule is COc1ccc(N2C(=S)N(Cc3cn(C)c4ccccc34)C3C(O)C(O)CC(C(N)=O)C32)cc1. The first-order valence-corrected chi connectivity index (χ1v) is 11.6. The van der Waals surface area contributed by atoms with Gasteiger partial charge >= 0.3 is 0 Å². The highest BCUT2D eigenvalue weighted by molar-refractivity contribution is 7.80. The van der Waals surface area contributed by atoms with Crippen LogP contribution in [0.1, 0.15) is 12.0 Å². The molecule has 0 spiro atoms. The molecule has 1 aromatic heterocycles. The summed E-state index contributed by atoms with van der Waals surface area (Å²) in [6.07, 6.45) is -0.0333. The third kappa shape index (κ3) is 3.51. The van der Waals surface area contributed by atoms with E-state index in [1.54, 1.807) is 7.11 Å². The van der Waals surface area contributed by atoms with Crippen LogP contribution < -0.4 is 15.4 Å². The molecule has 1 saturated heterocycles. The highest BCUT2D eigenvalue weighted by Gasteiger charge is 2.57. The molecule has 5 atom stereocenters. The number of thiocarbonyl (C=S) groups is 1. The van der Waals surface area contributed by atoms with Gasteiger partial charge in [0.25, 0.3) is 0 Å². The summed E-state index contributed by atoms with van der Waals surface area (Å²) in [5, 5.41) is 23.3. The Kier molecular flexibility index (Phi) is 5.71. The number of nitrogens with two attached hydrogens (primary N) is 1. The van der Waals surface area contributed by atoms with Gasteiger partial charge in [0.15, 0.2) is 5.11 Å². The quantitative estimate of drug-likeness (QED) is 0.478. The van der Waals surface area contributed by atoms with Gasteiger partial charge in [-0.05, 0) is 54.5 Å². The molecule has 2 fully saturated rings. The maximum absolute atomic E-state index is 12.5. The van der Waals surface area contributed by atoms with Gasteiger partial charge < -0.3 is 35.1 Å². The molecule has 34 heavy (non-hydrogen) atoms. The molecule has 8 nitrogen and oxygen atoms in total. The lowest BCUT2D eigenvalue weighted by molar-refractivity contribution is -0.129. The fraction of sp³-hybridized carbons (Fsp3) is 0.360. The number of hydrogen-bond donors (Lipinski definition) is 3. The molecule has 1 amide bonds. The van der Waals surface area contributed by atoms with Crippen molar-refractivity contribution < 1.29 is 19.7 Å². The molecule has 178 valence electrons. The Morgan fingerprint density at radius 1 is 1.15 bits per heavy atom. The van der Waals surface area contributed by atoms with E-state index in [-0.39, 0.29) is 6.42 Å². The van der Waals surface area contributed by atoms with Crippen LogP contribution in [0.25, 0.3) is 10.9 Å². The number of fused-ring (bicyclic) bond motifs is 2. The normalized spacial score (nSPS) is 26.7. The van der Waals surface area contributed by atoms with E-state index in [1.165, 1.54) is 0 Å². The van der Waals surface area contributed by atoms with Crippen LogP contribution in [-0.2, 0) is 18.4 Å². The molecule has 2 aromatic carbocycles. The summed E-state index contributed by atoms with van der Waals surface area (Å²) in [5.41, 5.74) is 8.70. The van der Waals surface area contributed by atoms with Crippen LogP contribution >= 0.6 is 12.2 Å². The van der Waals surface area contributed by atoms with Crippen molar-refractivity contribution in [2.24, 2.45) is 18.7 Å². The second-order valence-electron chi connectivity index (χ2n) is 9.04. The van der Waals surface area contributed by atoms with Crippen molar-refractivity contribution in [1.29, 1.82) is 0 Å². The molecule has 0 bridgehead atoms. The number of methoxy groups -OCH3 is 1. The first-order valence-electron chi connectivity index (χ1n) is 11.2. The number of benzene rings is 2. The van der Waals surface area contributed by atoms with Crippen LogP contribution in [0.4, 0.5) is 5.69 Å². The van der Waals surface area contributed by atoms with E-state index >= 15 is 0 Å². The Morgan fingerprint density at radius 2 is 1.85 bits per heavy atom. The lowest BCUT2D eigenvalue weighted by Crippen LogP contribution is -2.60. The number of carbonyl (C=O) groups excluding carboxylic acids is 1. The van der Waals surface area contributed by atoms with E-state index in [4.69, 9.17) is 22.7 Å². The summed E-state index contributed by atoms with van der Waals surface area (Å²) >= 11 is 5.95. The number of aliphatic hydroxyl groups excluding tert-OH is 2. The van der Waals surface area contributed by atoms with Crippen LogP contribution in [0, 0.1) is 5.92 Å². The van der Waals surface area contributed by atoms with E-state index in [1.807, 2.05) is 53.2 Å². The average molecular weight is 481 g/mol. The maximum atomic E-state index is 12.5. The van der Waals surface area contributed by atoms with Crippen LogP contribution in [0.15, 0.2) is 54.7 Å². The minimum Gasteiger partial charge on any atom is -0.497 e. The summed E-state index contributed by atoms with van der Waals surface area (Å²) in [6, 6.07) is 14.4. The highest BCUT2D eigenvalue weighted by Crippen LogP contribution is 2.42. The first kappa shape index (κ1) is 22.6. The van der Waals surface area contributed by atoms with Crippen molar-refractivity contribution in [2.75, 3.05) is 12.0 Å². The Bertz CT molecular complexity index is 1240. The second-order valence-corrected chi connectivity index (χ2v) is 9.41. The van der Waals surface area contributed by atoms with Gasteiger partial charge in [0.1, 0.15) is 11.9 Å². The van der Waals surface area contributed by atoms with Crippen molar-refractivity contribution >= 4 is 39.8 Å². The summed E-state index contributed by atoms with van der Waals surface area (Å²) in [7, 11) is 3.59. The number of rotatable bonds is 5. The summed E-state index contributed by atoms with van der Waals surface area (Å²) in [6.45, 7) is 0.420. The number of aliphatic hydroxyl groups is 2. The number of hydrogen-bond acceptors (Lipinski definition) is 5. The van der Waals surface area contributed by atoms with Crippen LogP contribution in [0.2, 0.25) is 0 Å². The molecule has 2 heterocycles. The van der Waals surface area contributed by atoms with Gasteiger partial charge in [-0.25, -0.2) is 0 Å². The Hall–Kier alpha value is -3.14. The molecular formula is C25H28N4O4S. The topological polar surface area (TPSA) is 104 Å². The zero-order valence-electron chi connectivity index (χ0n) is 19.0. The smallest absolute Gasteiger partial charge is 0.222 e. The standard InChI is InChI=1S/C25H28N4O4S/c1-27-12-14(17-5-3-4-6-19(17)27)13-28-22-21(18(24(26)32)11-20(30)23(22)31)29(25(28)34)15-7-9-16(33-2)10-8-15/h3-10,12,18,20-23,30-31H,11,13H2,1-2H3,(H2,26,32). The Morgan fingerprint density at radius 3 is 2.53 bits per heavy atom. The number of amides is 1. The minimum absolute atomic E-state index is 0.0784. The predicted molar refractivity (Wildman–Crippen MR) is 133 cm³/mol. The monoisotopic (exact) mass is 480 g/mol. The van der Waals surface area contributed by atoms with Crippen molar-refractivity contribution in [1.82, 2.24) is 9.47 Å². The largest absolute Gasteiger partial charge is 0.497 e. The molecule has 1 aliphatic carbocycles. The number of para-hydroxylation sites is 1. The molecule has 2 aliphatic rings. The van der Waals surface area contributed by atoms with Gasteiger partial charge in [0.05, 0.1) is 31.2 Å². The first-order chi connectivity index (χ1) is 16.3. The molecule has 3 aromatic rings. The average Bonchev–Trinajstić information content (AvgIpc) is 3.30. The van der Waals surface area contributed by atoms with Gasteiger partial charge in [-0.1, -0.05) is 18.2 Å². The minimum atomic E-state index is -1.09.